The van der Waals surface area contributed by atoms with E-state index in [-0.39, 0.29) is 16.6 Å². The van der Waals surface area contributed by atoms with E-state index in [1.54, 1.807) is 0 Å². The molecule has 0 spiro atoms. The lowest BCUT2D eigenvalue weighted by atomic mass is 9.85. The monoisotopic (exact) mass is 300 g/mol. The Morgan fingerprint density at radius 2 is 1.70 bits per heavy atom. The summed E-state index contributed by atoms with van der Waals surface area (Å²) in [5.74, 6) is 1.10. The van der Waals surface area contributed by atoms with Crippen LogP contribution in [0.2, 0.25) is 5.15 Å². The van der Waals surface area contributed by atoms with Gasteiger partial charge in [-0.15, -0.1) is 0 Å². The highest BCUT2D eigenvalue weighted by molar-refractivity contribution is 6.30. The number of aromatic nitrogens is 2. The van der Waals surface area contributed by atoms with Crippen molar-refractivity contribution in [1.29, 1.82) is 0 Å². The van der Waals surface area contributed by atoms with Gasteiger partial charge in [0.15, 0.2) is 0 Å². The van der Waals surface area contributed by atoms with E-state index in [1.807, 2.05) is 6.92 Å². The lowest BCUT2D eigenvalue weighted by Crippen LogP contribution is -2.40. The van der Waals surface area contributed by atoms with Crippen LogP contribution in [0.15, 0.2) is 9.59 Å². The van der Waals surface area contributed by atoms with E-state index in [4.69, 9.17) is 11.6 Å². The number of hydrogen-bond acceptors (Lipinski definition) is 2. The summed E-state index contributed by atoms with van der Waals surface area (Å²) >= 11 is 5.98. The molecule has 0 bridgehead atoms. The smallest absolute Gasteiger partial charge is 0.297 e. The normalized spacial score (nSPS) is 11.8. The van der Waals surface area contributed by atoms with Gasteiger partial charge in [0.05, 0.1) is 5.56 Å². The van der Waals surface area contributed by atoms with Crippen LogP contribution in [-0.4, -0.2) is 9.55 Å². The molecule has 0 aliphatic carbocycles. The molecule has 0 aromatic carbocycles. The largest absolute Gasteiger partial charge is 0.329 e. The Kier molecular flexibility index (Phi) is 6.06. The molecule has 1 heterocycles. The molecule has 0 saturated heterocycles. The number of aromatic amines is 1. The Hall–Kier alpha value is -1.03. The molecule has 0 amide bonds. The zero-order valence-corrected chi connectivity index (χ0v) is 13.8. The fourth-order valence-electron chi connectivity index (χ4n) is 2.62. The van der Waals surface area contributed by atoms with E-state index in [2.05, 4.69) is 32.7 Å². The summed E-state index contributed by atoms with van der Waals surface area (Å²) in [6.45, 7) is 10.9. The quantitative estimate of drug-likeness (QED) is 0.821. The van der Waals surface area contributed by atoms with Gasteiger partial charge in [0.25, 0.3) is 5.56 Å². The van der Waals surface area contributed by atoms with Gasteiger partial charge >= 0.3 is 5.69 Å². The highest BCUT2D eigenvalue weighted by Gasteiger charge is 2.21. The first kappa shape index (κ1) is 17.0. The second-order valence-corrected chi connectivity index (χ2v) is 6.42. The van der Waals surface area contributed by atoms with Crippen molar-refractivity contribution in [3.05, 3.63) is 31.6 Å². The number of nitrogens with one attached hydrogen (secondary N) is 1. The topological polar surface area (TPSA) is 54.9 Å². The molecule has 0 fully saturated rings. The fraction of sp³-hybridized carbons (Fsp3) is 0.733. The molecule has 1 N–H and O–H groups in total. The third-order valence-corrected chi connectivity index (χ3v) is 4.16. The molecular weight excluding hydrogens is 276 g/mol. The molecular formula is C15H25ClN2O2. The highest BCUT2D eigenvalue weighted by Crippen LogP contribution is 2.21. The van der Waals surface area contributed by atoms with Crippen molar-refractivity contribution >= 4 is 11.6 Å². The molecule has 0 atom stereocenters. The van der Waals surface area contributed by atoms with Crippen LogP contribution < -0.4 is 11.2 Å². The standard InChI is InChI=1S/C15H25ClN2O2/c1-6-7-11-13(16)17-15(20)18(14(11)19)8-12(9(2)3)10(4)5/h9-10,12H,6-8H2,1-5H3,(H,17,20). The summed E-state index contributed by atoms with van der Waals surface area (Å²) in [6.07, 6.45) is 1.40. The lowest BCUT2D eigenvalue weighted by Gasteiger charge is -2.25. The van der Waals surface area contributed by atoms with Gasteiger partial charge in [-0.25, -0.2) is 4.79 Å². The zero-order valence-electron chi connectivity index (χ0n) is 13.0. The summed E-state index contributed by atoms with van der Waals surface area (Å²) in [5, 5.41) is 0.184. The number of H-pyrrole nitrogens is 1. The predicted molar refractivity (Wildman–Crippen MR) is 83.5 cm³/mol. The highest BCUT2D eigenvalue weighted by atomic mass is 35.5. The van der Waals surface area contributed by atoms with E-state index in [1.165, 1.54) is 4.57 Å². The van der Waals surface area contributed by atoms with Crippen LogP contribution >= 0.6 is 11.6 Å². The molecule has 0 radical (unpaired) electrons. The van der Waals surface area contributed by atoms with Crippen molar-refractivity contribution in [1.82, 2.24) is 9.55 Å². The molecule has 0 aliphatic rings. The average molecular weight is 301 g/mol. The molecule has 1 aromatic heterocycles. The predicted octanol–water partition coefficient (Wildman–Crippen LogP) is 3.07. The van der Waals surface area contributed by atoms with Gasteiger partial charge in [-0.05, 0) is 24.2 Å². The minimum atomic E-state index is -0.411. The number of halogens is 1. The first-order chi connectivity index (χ1) is 9.29. The van der Waals surface area contributed by atoms with Crippen LogP contribution in [0.4, 0.5) is 0 Å². The lowest BCUT2D eigenvalue weighted by molar-refractivity contribution is 0.245. The third-order valence-electron chi connectivity index (χ3n) is 3.84. The van der Waals surface area contributed by atoms with E-state index in [0.717, 1.165) is 6.42 Å². The Morgan fingerprint density at radius 3 is 2.15 bits per heavy atom. The minimum Gasteiger partial charge on any atom is -0.297 e. The van der Waals surface area contributed by atoms with Crippen molar-refractivity contribution in [3.63, 3.8) is 0 Å². The molecule has 114 valence electrons. The Balaban J connectivity index is 3.28. The van der Waals surface area contributed by atoms with Crippen molar-refractivity contribution < 1.29 is 0 Å². The summed E-state index contributed by atoms with van der Waals surface area (Å²) in [4.78, 5) is 27.0. The molecule has 0 aliphatic heterocycles. The molecule has 1 rings (SSSR count). The van der Waals surface area contributed by atoms with Gasteiger partial charge in [0.1, 0.15) is 5.15 Å². The van der Waals surface area contributed by atoms with Crippen molar-refractivity contribution in [2.24, 2.45) is 17.8 Å². The molecule has 0 unspecified atom stereocenters. The van der Waals surface area contributed by atoms with Crippen molar-refractivity contribution in [2.45, 2.75) is 54.0 Å². The summed E-state index contributed by atoms with van der Waals surface area (Å²) in [5.41, 5.74) is -0.141. The number of hydrogen-bond donors (Lipinski definition) is 1. The van der Waals surface area contributed by atoms with Crippen LogP contribution in [0.3, 0.4) is 0 Å². The number of nitrogens with zero attached hydrogens (tertiary/aromatic N) is 1. The third kappa shape index (κ3) is 3.75. The van der Waals surface area contributed by atoms with E-state index < -0.39 is 5.69 Å². The minimum absolute atomic E-state index is 0.184. The average Bonchev–Trinajstić information content (AvgIpc) is 2.33. The van der Waals surface area contributed by atoms with E-state index in [0.29, 0.717) is 30.4 Å². The Morgan fingerprint density at radius 1 is 1.15 bits per heavy atom. The van der Waals surface area contributed by atoms with Crippen molar-refractivity contribution in [3.8, 4) is 0 Å². The Bertz CT molecular complexity index is 550. The number of rotatable bonds is 6. The zero-order chi connectivity index (χ0) is 15.4. The van der Waals surface area contributed by atoms with E-state index in [9.17, 15) is 9.59 Å². The SMILES string of the molecule is CCCc1c(Cl)[nH]c(=O)n(CC(C(C)C)C(C)C)c1=O. The molecule has 0 saturated carbocycles. The molecule has 20 heavy (non-hydrogen) atoms. The first-order valence-corrected chi connectivity index (χ1v) is 7.68. The second-order valence-electron chi connectivity index (χ2n) is 6.04. The van der Waals surface area contributed by atoms with Gasteiger partial charge in [0.2, 0.25) is 0 Å². The van der Waals surface area contributed by atoms with Gasteiger partial charge in [-0.1, -0.05) is 52.6 Å². The second kappa shape index (κ2) is 7.11. The van der Waals surface area contributed by atoms with Crippen LogP contribution in [0.25, 0.3) is 0 Å². The Labute approximate surface area is 125 Å². The van der Waals surface area contributed by atoms with Gasteiger partial charge in [-0.3, -0.25) is 14.3 Å². The maximum Gasteiger partial charge on any atom is 0.329 e. The van der Waals surface area contributed by atoms with Crippen LogP contribution in [-0.2, 0) is 13.0 Å². The molecule has 1 aromatic rings. The van der Waals surface area contributed by atoms with Gasteiger partial charge in [-0.2, -0.15) is 0 Å². The maximum absolute atomic E-state index is 12.4. The van der Waals surface area contributed by atoms with Crippen LogP contribution in [0.5, 0.6) is 0 Å². The van der Waals surface area contributed by atoms with Gasteiger partial charge < -0.3 is 0 Å². The summed E-state index contributed by atoms with van der Waals surface area (Å²) in [7, 11) is 0. The summed E-state index contributed by atoms with van der Waals surface area (Å²) < 4.78 is 1.31. The molecule has 5 heteroatoms. The van der Waals surface area contributed by atoms with Crippen LogP contribution in [0.1, 0.15) is 46.6 Å². The first-order valence-electron chi connectivity index (χ1n) is 7.31. The molecule has 4 nitrogen and oxygen atoms in total. The fourth-order valence-corrected chi connectivity index (χ4v) is 2.88. The van der Waals surface area contributed by atoms with Crippen LogP contribution in [0, 0.1) is 17.8 Å². The maximum atomic E-state index is 12.4. The summed E-state index contributed by atoms with van der Waals surface area (Å²) in [6, 6.07) is 0. The van der Waals surface area contributed by atoms with Gasteiger partial charge in [0, 0.05) is 6.54 Å². The van der Waals surface area contributed by atoms with E-state index >= 15 is 0 Å². The van der Waals surface area contributed by atoms with Crippen molar-refractivity contribution in [2.75, 3.05) is 0 Å².